The third-order valence-corrected chi connectivity index (χ3v) is 2.79. The van der Waals surface area contributed by atoms with Gasteiger partial charge in [-0.15, -0.1) is 0 Å². The maximum atomic E-state index is 11.4. The van der Waals surface area contributed by atoms with Crippen molar-refractivity contribution in [2.24, 2.45) is 0 Å². The Morgan fingerprint density at radius 1 is 1.47 bits per heavy atom. The highest BCUT2D eigenvalue weighted by Crippen LogP contribution is 2.26. The molecular formula is C13H14O4. The van der Waals surface area contributed by atoms with Crippen molar-refractivity contribution in [3.8, 4) is 0 Å². The van der Waals surface area contributed by atoms with Gasteiger partial charge in [0.25, 0.3) is 0 Å². The van der Waals surface area contributed by atoms with E-state index in [4.69, 9.17) is 4.74 Å². The summed E-state index contributed by atoms with van der Waals surface area (Å²) in [5, 5.41) is 0. The third-order valence-electron chi connectivity index (χ3n) is 2.79. The van der Waals surface area contributed by atoms with Crippen LogP contribution >= 0.6 is 0 Å². The van der Waals surface area contributed by atoms with Crippen molar-refractivity contribution in [2.45, 2.75) is 18.9 Å². The molecule has 0 saturated carbocycles. The summed E-state index contributed by atoms with van der Waals surface area (Å²) in [5.74, 6) is -0.182. The molecule has 1 atom stereocenters. The number of esters is 1. The number of hydrogen-bond donors (Lipinski definition) is 0. The molecule has 0 aliphatic carbocycles. The second-order valence-corrected chi connectivity index (χ2v) is 3.97. The van der Waals surface area contributed by atoms with Gasteiger partial charge in [0, 0.05) is 12.8 Å². The molecule has 0 aromatic heterocycles. The zero-order valence-corrected chi connectivity index (χ0v) is 9.64. The lowest BCUT2D eigenvalue weighted by molar-refractivity contribution is -0.128. The number of carbonyl (C=O) groups is 2. The molecule has 17 heavy (non-hydrogen) atoms. The van der Waals surface area contributed by atoms with Crippen LogP contribution in [0.3, 0.4) is 0 Å². The van der Waals surface area contributed by atoms with Crippen LogP contribution < -0.4 is 0 Å². The van der Waals surface area contributed by atoms with Gasteiger partial charge in [-0.3, -0.25) is 4.79 Å². The Morgan fingerprint density at radius 3 is 3.00 bits per heavy atom. The summed E-state index contributed by atoms with van der Waals surface area (Å²) < 4.78 is 10.2. The molecule has 4 heteroatoms. The van der Waals surface area contributed by atoms with Crippen LogP contribution in [-0.4, -0.2) is 25.5 Å². The largest absolute Gasteiger partial charge is 0.465 e. The Hall–Kier alpha value is -1.68. The van der Waals surface area contributed by atoms with Crippen molar-refractivity contribution in [3.05, 3.63) is 35.4 Å². The average Bonchev–Trinajstić information content (AvgIpc) is 2.38. The van der Waals surface area contributed by atoms with Crippen LogP contribution in [0.5, 0.6) is 0 Å². The van der Waals surface area contributed by atoms with Crippen LogP contribution in [-0.2, 0) is 14.3 Å². The van der Waals surface area contributed by atoms with Gasteiger partial charge in [0.2, 0.25) is 0 Å². The summed E-state index contributed by atoms with van der Waals surface area (Å²) in [7, 11) is 1.34. The molecule has 1 aliphatic rings. The summed E-state index contributed by atoms with van der Waals surface area (Å²) >= 11 is 0. The van der Waals surface area contributed by atoms with Crippen LogP contribution in [0.4, 0.5) is 0 Å². The number of rotatable bonds is 2. The van der Waals surface area contributed by atoms with Gasteiger partial charge in [0.15, 0.2) is 0 Å². The molecule has 0 spiro atoms. The van der Waals surface area contributed by atoms with E-state index in [1.165, 1.54) is 7.11 Å². The SMILES string of the molecule is COC(=O)c1cccc([C@H]2CC(=O)CCO2)c1. The molecule has 0 amide bonds. The fraction of sp³-hybridized carbons (Fsp3) is 0.385. The Bertz CT molecular complexity index is 439. The molecule has 0 bridgehead atoms. The predicted molar refractivity (Wildman–Crippen MR) is 60.7 cm³/mol. The molecule has 4 nitrogen and oxygen atoms in total. The van der Waals surface area contributed by atoms with Crippen molar-refractivity contribution in [1.29, 1.82) is 0 Å². The van der Waals surface area contributed by atoms with E-state index in [1.54, 1.807) is 18.2 Å². The van der Waals surface area contributed by atoms with E-state index in [-0.39, 0.29) is 17.9 Å². The first-order valence-electron chi connectivity index (χ1n) is 5.52. The first kappa shape index (κ1) is 11.8. The number of ketones is 1. The summed E-state index contributed by atoms with van der Waals surface area (Å²) in [6, 6.07) is 7.02. The van der Waals surface area contributed by atoms with E-state index < -0.39 is 0 Å². The van der Waals surface area contributed by atoms with Gasteiger partial charge >= 0.3 is 5.97 Å². The minimum Gasteiger partial charge on any atom is -0.465 e. The van der Waals surface area contributed by atoms with Gasteiger partial charge in [-0.05, 0) is 17.7 Å². The van der Waals surface area contributed by atoms with Crippen LogP contribution in [0.2, 0.25) is 0 Å². The summed E-state index contributed by atoms with van der Waals surface area (Å²) in [5.41, 5.74) is 1.33. The molecule has 2 rings (SSSR count). The number of benzene rings is 1. The molecule has 1 fully saturated rings. The van der Waals surface area contributed by atoms with Gasteiger partial charge in [-0.25, -0.2) is 4.79 Å². The van der Waals surface area contributed by atoms with E-state index in [0.29, 0.717) is 25.0 Å². The van der Waals surface area contributed by atoms with Gasteiger partial charge in [-0.2, -0.15) is 0 Å². The van der Waals surface area contributed by atoms with Crippen LogP contribution in [0, 0.1) is 0 Å². The molecular weight excluding hydrogens is 220 g/mol. The van der Waals surface area contributed by atoms with E-state index >= 15 is 0 Å². The normalized spacial score (nSPS) is 20.1. The summed E-state index contributed by atoms with van der Waals surface area (Å²) in [4.78, 5) is 22.7. The second-order valence-electron chi connectivity index (χ2n) is 3.97. The van der Waals surface area contributed by atoms with Gasteiger partial charge < -0.3 is 9.47 Å². The van der Waals surface area contributed by atoms with Crippen molar-refractivity contribution in [1.82, 2.24) is 0 Å². The van der Waals surface area contributed by atoms with Gasteiger partial charge in [0.05, 0.1) is 25.4 Å². The Kier molecular flexibility index (Phi) is 3.54. The molecule has 1 aliphatic heterocycles. The zero-order valence-electron chi connectivity index (χ0n) is 9.64. The Morgan fingerprint density at radius 2 is 2.29 bits per heavy atom. The lowest BCUT2D eigenvalue weighted by atomic mass is 9.99. The van der Waals surface area contributed by atoms with Crippen molar-refractivity contribution >= 4 is 11.8 Å². The number of carbonyl (C=O) groups excluding carboxylic acids is 2. The zero-order chi connectivity index (χ0) is 12.3. The maximum absolute atomic E-state index is 11.4. The summed E-state index contributed by atoms with van der Waals surface area (Å²) in [6.45, 7) is 0.450. The predicted octanol–water partition coefficient (Wildman–Crippen LogP) is 1.89. The van der Waals surface area contributed by atoms with E-state index in [1.807, 2.05) is 6.07 Å². The molecule has 1 heterocycles. The highest BCUT2D eigenvalue weighted by atomic mass is 16.5. The number of methoxy groups -OCH3 is 1. The molecule has 90 valence electrons. The van der Waals surface area contributed by atoms with Gasteiger partial charge in [0.1, 0.15) is 5.78 Å². The van der Waals surface area contributed by atoms with Crippen LogP contribution in [0.15, 0.2) is 24.3 Å². The highest BCUT2D eigenvalue weighted by molar-refractivity contribution is 5.89. The van der Waals surface area contributed by atoms with Crippen molar-refractivity contribution in [3.63, 3.8) is 0 Å². The smallest absolute Gasteiger partial charge is 0.337 e. The summed E-state index contributed by atoms with van der Waals surface area (Å²) in [6.07, 6.45) is 0.624. The number of Topliss-reactive ketones (excluding diaryl/α,β-unsaturated/α-hetero) is 1. The Balaban J connectivity index is 2.20. The van der Waals surface area contributed by atoms with Gasteiger partial charge in [-0.1, -0.05) is 12.1 Å². The van der Waals surface area contributed by atoms with Crippen molar-refractivity contribution < 1.29 is 19.1 Å². The second kappa shape index (κ2) is 5.10. The minimum atomic E-state index is -0.381. The maximum Gasteiger partial charge on any atom is 0.337 e. The molecule has 0 radical (unpaired) electrons. The fourth-order valence-corrected chi connectivity index (χ4v) is 1.88. The minimum absolute atomic E-state index is 0.199. The topological polar surface area (TPSA) is 52.6 Å². The van der Waals surface area contributed by atoms with E-state index in [2.05, 4.69) is 4.74 Å². The van der Waals surface area contributed by atoms with Crippen LogP contribution in [0.1, 0.15) is 34.9 Å². The van der Waals surface area contributed by atoms with E-state index in [9.17, 15) is 9.59 Å². The molecule has 1 aromatic carbocycles. The highest BCUT2D eigenvalue weighted by Gasteiger charge is 2.22. The number of hydrogen-bond acceptors (Lipinski definition) is 4. The average molecular weight is 234 g/mol. The number of ether oxygens (including phenoxy) is 2. The van der Waals surface area contributed by atoms with Crippen LogP contribution in [0.25, 0.3) is 0 Å². The quantitative estimate of drug-likeness (QED) is 0.733. The molecule has 1 aromatic rings. The first-order valence-corrected chi connectivity index (χ1v) is 5.52. The standard InChI is InChI=1S/C13H14O4/c1-16-13(15)10-4-2-3-9(7-10)12-8-11(14)5-6-17-12/h2-4,7,12H,5-6,8H2,1H3/t12-/m1/s1. The molecule has 0 unspecified atom stereocenters. The third kappa shape index (κ3) is 2.71. The first-order chi connectivity index (χ1) is 8.20. The van der Waals surface area contributed by atoms with E-state index in [0.717, 1.165) is 5.56 Å². The monoisotopic (exact) mass is 234 g/mol. The lowest BCUT2D eigenvalue weighted by Crippen LogP contribution is -2.19. The fourth-order valence-electron chi connectivity index (χ4n) is 1.88. The lowest BCUT2D eigenvalue weighted by Gasteiger charge is -2.22. The molecule has 0 N–H and O–H groups in total. The van der Waals surface area contributed by atoms with Crippen molar-refractivity contribution in [2.75, 3.05) is 13.7 Å². The molecule has 1 saturated heterocycles. The Labute approximate surface area is 99.5 Å².